The zero-order valence-corrected chi connectivity index (χ0v) is 8.99. The summed E-state index contributed by atoms with van der Waals surface area (Å²) in [5.74, 6) is 1.42. The largest absolute Gasteiger partial charge is 0.215 e. The van der Waals surface area contributed by atoms with Crippen molar-refractivity contribution in [1.29, 1.82) is 0 Å². The summed E-state index contributed by atoms with van der Waals surface area (Å²) in [6.45, 7) is 2.27. The van der Waals surface area contributed by atoms with Crippen molar-refractivity contribution in [1.82, 2.24) is 0 Å². The number of hydrogen-bond acceptors (Lipinski definition) is 0. The van der Waals surface area contributed by atoms with Gasteiger partial charge in [-0.15, -0.1) is 0 Å². The van der Waals surface area contributed by atoms with Crippen LogP contribution in [0.2, 0.25) is 0 Å². The van der Waals surface area contributed by atoms with Crippen molar-refractivity contribution in [3.63, 3.8) is 0 Å². The van der Waals surface area contributed by atoms with Gasteiger partial charge < -0.3 is 0 Å². The molecule has 0 saturated carbocycles. The van der Waals surface area contributed by atoms with Crippen LogP contribution in [-0.2, 0) is 0 Å². The van der Waals surface area contributed by atoms with Crippen molar-refractivity contribution in [2.24, 2.45) is 0 Å². The molecule has 0 saturated heterocycles. The molecule has 0 radical (unpaired) electrons. The summed E-state index contributed by atoms with van der Waals surface area (Å²) in [5.41, 5.74) is 0. The first-order valence-corrected chi connectivity index (χ1v) is 6.06. The monoisotopic (exact) mass is 158 g/mol. The maximum absolute atomic E-state index is 2.39. The SMILES string of the molecule is CCC[SH]1C=CC=C1[SiH3]. The highest BCUT2D eigenvalue weighted by Gasteiger charge is 2.02. The van der Waals surface area contributed by atoms with Crippen molar-refractivity contribution in [3.8, 4) is 0 Å². The van der Waals surface area contributed by atoms with Gasteiger partial charge in [-0.25, -0.2) is 10.9 Å². The number of thiol groups is 1. The van der Waals surface area contributed by atoms with Crippen molar-refractivity contribution >= 4 is 21.1 Å². The van der Waals surface area contributed by atoms with Crippen molar-refractivity contribution in [2.75, 3.05) is 5.75 Å². The number of rotatable bonds is 2. The third-order valence-corrected chi connectivity index (χ3v) is 6.09. The molecule has 0 fully saturated rings. The third kappa shape index (κ3) is 1.73. The zero-order valence-electron chi connectivity index (χ0n) is 6.09. The van der Waals surface area contributed by atoms with Gasteiger partial charge in [-0.1, -0.05) is 23.6 Å². The predicted molar refractivity (Wildman–Crippen MR) is 51.3 cm³/mol. The maximum Gasteiger partial charge on any atom is 0.0447 e. The van der Waals surface area contributed by atoms with E-state index in [2.05, 4.69) is 24.5 Å². The van der Waals surface area contributed by atoms with E-state index in [1.807, 2.05) is 0 Å². The molecule has 0 spiro atoms. The second-order valence-electron chi connectivity index (χ2n) is 2.34. The lowest BCUT2D eigenvalue weighted by molar-refractivity contribution is 1.11. The van der Waals surface area contributed by atoms with E-state index in [1.165, 1.54) is 22.4 Å². The molecule has 1 unspecified atom stereocenters. The molecule has 0 aliphatic carbocycles. The minimum atomic E-state index is 0.236. The van der Waals surface area contributed by atoms with Crippen LogP contribution in [0.1, 0.15) is 13.3 Å². The molecule has 2 heteroatoms. The molecule has 52 valence electrons. The Bertz CT molecular complexity index is 149. The van der Waals surface area contributed by atoms with Gasteiger partial charge in [-0.2, -0.15) is 0 Å². The Morgan fingerprint density at radius 2 is 2.44 bits per heavy atom. The Balaban J connectivity index is 2.43. The van der Waals surface area contributed by atoms with Crippen molar-refractivity contribution < 1.29 is 0 Å². The van der Waals surface area contributed by atoms with Gasteiger partial charge in [-0.3, -0.25) is 0 Å². The highest BCUT2D eigenvalue weighted by molar-refractivity contribution is 8.24. The average molecular weight is 158 g/mol. The van der Waals surface area contributed by atoms with E-state index in [1.54, 1.807) is 4.53 Å². The van der Waals surface area contributed by atoms with E-state index in [0.29, 0.717) is 0 Å². The van der Waals surface area contributed by atoms with E-state index in [4.69, 9.17) is 0 Å². The molecule has 0 bridgehead atoms. The summed E-state index contributed by atoms with van der Waals surface area (Å²) in [7, 11) is 1.51. The third-order valence-electron chi connectivity index (χ3n) is 1.52. The second kappa shape index (κ2) is 3.27. The lowest BCUT2D eigenvalue weighted by atomic mass is 10.6. The number of allylic oxidation sites excluding steroid dienone is 2. The van der Waals surface area contributed by atoms with Gasteiger partial charge in [0.25, 0.3) is 0 Å². The fraction of sp³-hybridized carbons (Fsp3) is 0.429. The summed E-state index contributed by atoms with van der Waals surface area (Å²) >= 11 is 0. The standard InChI is InChI=1S/C7H14SSi/c1-2-5-8-6-3-4-7(8)9/h3-4,6,8H,2,5H2,1,9H3. The van der Waals surface area contributed by atoms with E-state index in [0.717, 1.165) is 0 Å². The Labute approximate surface area is 62.8 Å². The van der Waals surface area contributed by atoms with E-state index >= 15 is 0 Å². The van der Waals surface area contributed by atoms with Gasteiger partial charge in [0.15, 0.2) is 0 Å². The first-order chi connectivity index (χ1) is 4.34. The van der Waals surface area contributed by atoms with Crippen LogP contribution < -0.4 is 0 Å². The Kier molecular flexibility index (Phi) is 2.60. The highest BCUT2D eigenvalue weighted by Crippen LogP contribution is 2.38. The molecular formula is C7H14SSi. The fourth-order valence-corrected chi connectivity index (χ4v) is 4.09. The number of hydrogen-bond donors (Lipinski definition) is 1. The molecule has 0 amide bonds. The first-order valence-electron chi connectivity index (χ1n) is 3.46. The van der Waals surface area contributed by atoms with Crippen molar-refractivity contribution in [2.45, 2.75) is 13.3 Å². The molecular weight excluding hydrogens is 144 g/mol. The minimum absolute atomic E-state index is 0.236. The van der Waals surface area contributed by atoms with Gasteiger partial charge in [0.1, 0.15) is 0 Å². The quantitative estimate of drug-likeness (QED) is 0.452. The molecule has 0 aromatic heterocycles. The molecule has 1 rings (SSSR count). The Morgan fingerprint density at radius 3 is 2.89 bits per heavy atom. The maximum atomic E-state index is 2.39. The van der Waals surface area contributed by atoms with Crippen LogP contribution >= 0.6 is 10.9 Å². The topological polar surface area (TPSA) is 0 Å². The summed E-state index contributed by atoms with van der Waals surface area (Å²) < 4.78 is 1.73. The van der Waals surface area contributed by atoms with Gasteiger partial charge in [0, 0.05) is 10.2 Å². The average Bonchev–Trinajstić information content (AvgIpc) is 2.18. The molecule has 1 heterocycles. The van der Waals surface area contributed by atoms with Gasteiger partial charge in [0.2, 0.25) is 0 Å². The summed E-state index contributed by atoms with van der Waals surface area (Å²) in [5, 5.41) is 2.39. The lowest BCUT2D eigenvalue weighted by Gasteiger charge is -2.12. The highest BCUT2D eigenvalue weighted by atomic mass is 32.2. The van der Waals surface area contributed by atoms with Crippen LogP contribution in [-0.4, -0.2) is 16.0 Å². The zero-order chi connectivity index (χ0) is 6.69. The predicted octanol–water partition coefficient (Wildman–Crippen LogP) is 1.13. The Morgan fingerprint density at radius 1 is 1.67 bits per heavy atom. The molecule has 0 aromatic carbocycles. The van der Waals surface area contributed by atoms with Gasteiger partial charge >= 0.3 is 0 Å². The molecule has 0 aromatic rings. The molecule has 9 heavy (non-hydrogen) atoms. The van der Waals surface area contributed by atoms with E-state index < -0.39 is 0 Å². The summed E-state index contributed by atoms with van der Waals surface area (Å²) in [6.07, 6.45) is 5.87. The molecule has 0 N–H and O–H groups in total. The molecule has 0 nitrogen and oxygen atoms in total. The van der Waals surface area contributed by atoms with Crippen molar-refractivity contribution in [3.05, 3.63) is 22.1 Å². The second-order valence-corrected chi connectivity index (χ2v) is 6.65. The molecule has 1 aliphatic heterocycles. The summed E-state index contributed by atoms with van der Waals surface area (Å²) in [4.78, 5) is 0. The van der Waals surface area contributed by atoms with E-state index in [-0.39, 0.29) is 10.9 Å². The Hall–Kier alpha value is 0.0469. The minimum Gasteiger partial charge on any atom is -0.215 e. The van der Waals surface area contributed by atoms with Gasteiger partial charge in [0.05, 0.1) is 0 Å². The van der Waals surface area contributed by atoms with Crippen LogP contribution in [0.25, 0.3) is 0 Å². The lowest BCUT2D eigenvalue weighted by Crippen LogP contribution is -1.84. The normalized spacial score (nSPS) is 29.0. The van der Waals surface area contributed by atoms with Crippen LogP contribution in [0.3, 0.4) is 0 Å². The van der Waals surface area contributed by atoms with Crippen LogP contribution in [0.4, 0.5) is 0 Å². The van der Waals surface area contributed by atoms with Crippen LogP contribution in [0, 0.1) is 0 Å². The van der Waals surface area contributed by atoms with Crippen LogP contribution in [0.15, 0.2) is 22.1 Å². The van der Waals surface area contributed by atoms with Gasteiger partial charge in [-0.05, 0) is 17.6 Å². The van der Waals surface area contributed by atoms with E-state index in [9.17, 15) is 0 Å². The summed E-state index contributed by atoms with van der Waals surface area (Å²) in [6, 6.07) is 0. The van der Waals surface area contributed by atoms with Crippen LogP contribution in [0.5, 0.6) is 0 Å². The molecule has 1 aliphatic rings. The first kappa shape index (κ1) is 7.16. The smallest absolute Gasteiger partial charge is 0.0447 e. The molecule has 1 atom stereocenters. The fourth-order valence-electron chi connectivity index (χ4n) is 0.991.